The summed E-state index contributed by atoms with van der Waals surface area (Å²) in [6.07, 6.45) is 5.12. The molecule has 1 amide bonds. The molecule has 0 fully saturated rings. The van der Waals surface area contributed by atoms with E-state index in [1.807, 2.05) is 30.5 Å². The van der Waals surface area contributed by atoms with Crippen molar-refractivity contribution in [2.75, 3.05) is 18.1 Å². The van der Waals surface area contributed by atoms with Crippen LogP contribution < -0.4 is 11.1 Å². The molecule has 5 heteroatoms. The van der Waals surface area contributed by atoms with Crippen molar-refractivity contribution in [3.05, 3.63) is 53.9 Å². The molecule has 0 aliphatic rings. The van der Waals surface area contributed by atoms with Crippen molar-refractivity contribution in [3.63, 3.8) is 0 Å². The molecule has 0 radical (unpaired) electrons. The molecule has 0 atom stereocenters. The highest BCUT2D eigenvalue weighted by Crippen LogP contribution is 2.18. The molecule has 1 aromatic carbocycles. The minimum atomic E-state index is -0.212. The molecule has 0 aliphatic carbocycles. The predicted molar refractivity (Wildman–Crippen MR) is 86.3 cm³/mol. The van der Waals surface area contributed by atoms with Crippen LogP contribution in [0.15, 0.2) is 47.6 Å². The topological polar surface area (TPSA) is 68.0 Å². The summed E-state index contributed by atoms with van der Waals surface area (Å²) in [5.41, 5.74) is 7.21. The molecule has 3 N–H and O–H groups in total. The second kappa shape index (κ2) is 7.48. The fraction of sp³-hybridized carbons (Fsp3) is 0.125. The van der Waals surface area contributed by atoms with E-state index in [-0.39, 0.29) is 12.5 Å². The molecule has 0 bridgehead atoms. The van der Waals surface area contributed by atoms with E-state index < -0.39 is 0 Å². The molecule has 0 spiro atoms. The molecular weight excluding hydrogens is 282 g/mol. The second-order valence-electron chi connectivity index (χ2n) is 4.15. The largest absolute Gasteiger partial charge is 0.322 e. The SMILES string of the molecule is CSc1ccc(NC(=O)c2cncc(C#CCN)c2)cc1. The molecule has 1 heterocycles. The third-order valence-corrected chi connectivity index (χ3v) is 3.43. The van der Waals surface area contributed by atoms with Gasteiger partial charge < -0.3 is 11.1 Å². The van der Waals surface area contributed by atoms with Gasteiger partial charge in [-0.15, -0.1) is 11.8 Å². The standard InChI is InChI=1S/C16H15N3OS/c1-21-15-6-4-14(5-7-15)19-16(20)13-9-12(3-2-8-17)10-18-11-13/h4-7,9-11H,8,17H2,1H3,(H,19,20). The Morgan fingerprint density at radius 3 is 2.76 bits per heavy atom. The van der Waals surface area contributed by atoms with Gasteiger partial charge in [-0.05, 0) is 36.6 Å². The van der Waals surface area contributed by atoms with Gasteiger partial charge in [0, 0.05) is 28.5 Å². The van der Waals surface area contributed by atoms with Crippen LogP contribution in [0.3, 0.4) is 0 Å². The molecule has 0 saturated heterocycles. The van der Waals surface area contributed by atoms with Crippen molar-refractivity contribution in [3.8, 4) is 11.8 Å². The number of benzene rings is 1. The van der Waals surface area contributed by atoms with Crippen molar-refractivity contribution in [1.29, 1.82) is 0 Å². The third kappa shape index (κ3) is 4.35. The Kier molecular flexibility index (Phi) is 5.38. The number of amides is 1. The summed E-state index contributed by atoms with van der Waals surface area (Å²) in [6, 6.07) is 9.36. The maximum Gasteiger partial charge on any atom is 0.257 e. The second-order valence-corrected chi connectivity index (χ2v) is 5.03. The van der Waals surface area contributed by atoms with Crippen molar-refractivity contribution in [1.82, 2.24) is 4.98 Å². The Labute approximate surface area is 128 Å². The first kappa shape index (κ1) is 15.1. The number of hydrogen-bond donors (Lipinski definition) is 2. The summed E-state index contributed by atoms with van der Waals surface area (Å²) in [5.74, 6) is 5.38. The van der Waals surface area contributed by atoms with E-state index in [1.54, 1.807) is 24.0 Å². The van der Waals surface area contributed by atoms with Crippen molar-refractivity contribution in [2.24, 2.45) is 5.73 Å². The van der Waals surface area contributed by atoms with E-state index >= 15 is 0 Å². The Hall–Kier alpha value is -2.29. The summed E-state index contributed by atoms with van der Waals surface area (Å²) in [6.45, 7) is 0.276. The number of hydrogen-bond acceptors (Lipinski definition) is 4. The molecule has 0 saturated carbocycles. The van der Waals surface area contributed by atoms with Crippen LogP contribution >= 0.6 is 11.8 Å². The van der Waals surface area contributed by atoms with Gasteiger partial charge in [0.25, 0.3) is 5.91 Å². The summed E-state index contributed by atoms with van der Waals surface area (Å²) in [4.78, 5) is 17.3. The van der Waals surface area contributed by atoms with Gasteiger partial charge in [-0.1, -0.05) is 11.8 Å². The van der Waals surface area contributed by atoms with Gasteiger partial charge in [0.1, 0.15) is 0 Å². The van der Waals surface area contributed by atoms with Gasteiger partial charge in [0.05, 0.1) is 12.1 Å². The molecule has 2 aromatic rings. The lowest BCUT2D eigenvalue weighted by molar-refractivity contribution is 0.102. The molecule has 0 unspecified atom stereocenters. The van der Waals surface area contributed by atoms with Gasteiger partial charge in [0.15, 0.2) is 0 Å². The van der Waals surface area contributed by atoms with E-state index in [0.29, 0.717) is 11.1 Å². The number of nitrogens with one attached hydrogen (secondary N) is 1. The van der Waals surface area contributed by atoms with Gasteiger partial charge in [-0.25, -0.2) is 0 Å². The van der Waals surface area contributed by atoms with Crippen molar-refractivity contribution < 1.29 is 4.79 Å². The summed E-state index contributed by atoms with van der Waals surface area (Å²) in [5, 5.41) is 2.83. The van der Waals surface area contributed by atoms with Crippen LogP contribution in [0.5, 0.6) is 0 Å². The zero-order chi connectivity index (χ0) is 15.1. The van der Waals surface area contributed by atoms with Crippen LogP contribution in [0.4, 0.5) is 5.69 Å². The smallest absolute Gasteiger partial charge is 0.257 e. The van der Waals surface area contributed by atoms with Gasteiger partial charge in [0.2, 0.25) is 0 Å². The fourth-order valence-corrected chi connectivity index (χ4v) is 2.07. The van der Waals surface area contributed by atoms with E-state index in [0.717, 1.165) is 10.6 Å². The summed E-state index contributed by atoms with van der Waals surface area (Å²) >= 11 is 1.65. The van der Waals surface area contributed by atoms with Gasteiger partial charge >= 0.3 is 0 Å². The first-order chi connectivity index (χ1) is 10.2. The quantitative estimate of drug-likeness (QED) is 0.674. The van der Waals surface area contributed by atoms with Crippen molar-refractivity contribution >= 4 is 23.4 Å². The Morgan fingerprint density at radius 2 is 2.10 bits per heavy atom. The first-order valence-electron chi connectivity index (χ1n) is 6.32. The lowest BCUT2D eigenvalue weighted by Crippen LogP contribution is -2.12. The van der Waals surface area contributed by atoms with Crippen LogP contribution in [0.2, 0.25) is 0 Å². The lowest BCUT2D eigenvalue weighted by Gasteiger charge is -2.06. The normalized spacial score (nSPS) is 9.62. The minimum absolute atomic E-state index is 0.212. The average molecular weight is 297 g/mol. The number of anilines is 1. The Bertz CT molecular complexity index is 687. The zero-order valence-corrected chi connectivity index (χ0v) is 12.4. The van der Waals surface area contributed by atoms with Crippen LogP contribution in [-0.4, -0.2) is 23.7 Å². The maximum atomic E-state index is 12.2. The van der Waals surface area contributed by atoms with E-state index in [4.69, 9.17) is 5.73 Å². The summed E-state index contributed by atoms with van der Waals surface area (Å²) < 4.78 is 0. The minimum Gasteiger partial charge on any atom is -0.322 e. The van der Waals surface area contributed by atoms with Crippen LogP contribution in [0.1, 0.15) is 15.9 Å². The number of nitrogens with zero attached hydrogens (tertiary/aromatic N) is 1. The molecule has 1 aromatic heterocycles. The monoisotopic (exact) mass is 297 g/mol. The molecular formula is C16H15N3OS. The number of pyridine rings is 1. The highest BCUT2D eigenvalue weighted by molar-refractivity contribution is 7.98. The first-order valence-corrected chi connectivity index (χ1v) is 7.55. The third-order valence-electron chi connectivity index (χ3n) is 2.68. The molecule has 4 nitrogen and oxygen atoms in total. The van der Waals surface area contributed by atoms with Crippen LogP contribution in [0.25, 0.3) is 0 Å². The number of thioether (sulfide) groups is 1. The van der Waals surface area contributed by atoms with Crippen molar-refractivity contribution in [2.45, 2.75) is 4.90 Å². The zero-order valence-electron chi connectivity index (χ0n) is 11.6. The van der Waals surface area contributed by atoms with Gasteiger partial charge in [-0.3, -0.25) is 9.78 Å². The number of aromatic nitrogens is 1. The van der Waals surface area contributed by atoms with Gasteiger partial charge in [-0.2, -0.15) is 0 Å². The Morgan fingerprint density at radius 1 is 1.33 bits per heavy atom. The number of nitrogens with two attached hydrogens (primary N) is 1. The number of carbonyl (C=O) groups is 1. The fourth-order valence-electron chi connectivity index (χ4n) is 1.66. The molecule has 21 heavy (non-hydrogen) atoms. The van der Waals surface area contributed by atoms with E-state index in [2.05, 4.69) is 22.1 Å². The number of carbonyl (C=O) groups excluding carboxylic acids is 1. The van der Waals surface area contributed by atoms with Crippen LogP contribution in [0, 0.1) is 11.8 Å². The van der Waals surface area contributed by atoms with Crippen LogP contribution in [-0.2, 0) is 0 Å². The molecule has 2 rings (SSSR count). The maximum absolute atomic E-state index is 12.2. The highest BCUT2D eigenvalue weighted by Gasteiger charge is 2.07. The predicted octanol–water partition coefficient (Wildman–Crippen LogP) is 2.37. The average Bonchev–Trinajstić information content (AvgIpc) is 2.54. The van der Waals surface area contributed by atoms with E-state index in [1.165, 1.54) is 6.20 Å². The highest BCUT2D eigenvalue weighted by atomic mass is 32.2. The number of rotatable bonds is 3. The Balaban J connectivity index is 2.12. The molecule has 106 valence electrons. The lowest BCUT2D eigenvalue weighted by atomic mass is 10.2. The summed E-state index contributed by atoms with van der Waals surface area (Å²) in [7, 11) is 0. The van der Waals surface area contributed by atoms with E-state index in [9.17, 15) is 4.79 Å². The molecule has 0 aliphatic heterocycles.